The summed E-state index contributed by atoms with van der Waals surface area (Å²) in [6.45, 7) is 10.3. The molecule has 86 valence electrons. The fourth-order valence-electron chi connectivity index (χ4n) is 0.947. The van der Waals surface area contributed by atoms with Crippen LogP contribution in [0.5, 0.6) is 0 Å². The van der Waals surface area contributed by atoms with Gasteiger partial charge in [0, 0.05) is 18.3 Å². The number of amides is 1. The lowest BCUT2D eigenvalue weighted by Gasteiger charge is -2.19. The summed E-state index contributed by atoms with van der Waals surface area (Å²) in [6.07, 6.45) is 3.39. The predicted molar refractivity (Wildman–Crippen MR) is 66.0 cm³/mol. The number of nitrogens with zero attached hydrogens (tertiary/aromatic N) is 1. The number of carbonyl (C=O) groups is 1. The molecule has 0 radical (unpaired) electrons. The number of hydrogen-bond donors (Lipinski definition) is 1. The van der Waals surface area contributed by atoms with E-state index >= 15 is 0 Å². The molecule has 1 amide bonds. The van der Waals surface area contributed by atoms with E-state index in [0.29, 0.717) is 18.8 Å². The van der Waals surface area contributed by atoms with Crippen LogP contribution in [0.2, 0.25) is 0 Å². The first-order valence-corrected chi connectivity index (χ1v) is 5.92. The van der Waals surface area contributed by atoms with Crippen LogP contribution in [0, 0.1) is 0 Å². The SMILES string of the molecule is C=CCN(CC=C)C(=O)CSC(C)CO. The van der Waals surface area contributed by atoms with Gasteiger partial charge in [-0.05, 0) is 0 Å². The Morgan fingerprint density at radius 2 is 2.00 bits per heavy atom. The van der Waals surface area contributed by atoms with Crippen molar-refractivity contribution < 1.29 is 9.90 Å². The molecule has 0 aliphatic rings. The maximum Gasteiger partial charge on any atom is 0.233 e. The Labute approximate surface area is 95.8 Å². The lowest BCUT2D eigenvalue weighted by molar-refractivity contribution is -0.127. The molecule has 3 nitrogen and oxygen atoms in total. The molecule has 0 heterocycles. The second-order valence-corrected chi connectivity index (χ2v) is 4.61. The standard InChI is InChI=1S/C11H19NO2S/c1-4-6-12(7-5-2)11(14)9-15-10(3)8-13/h4-5,10,13H,1-2,6-9H2,3H3. The van der Waals surface area contributed by atoms with Gasteiger partial charge in [-0.2, -0.15) is 0 Å². The summed E-state index contributed by atoms with van der Waals surface area (Å²) in [6, 6.07) is 0. The molecular weight excluding hydrogens is 210 g/mol. The predicted octanol–water partition coefficient (Wildman–Crippen LogP) is 1.30. The number of aliphatic hydroxyl groups is 1. The lowest BCUT2D eigenvalue weighted by atomic mass is 10.4. The van der Waals surface area contributed by atoms with Crippen LogP contribution in [0.25, 0.3) is 0 Å². The van der Waals surface area contributed by atoms with Gasteiger partial charge in [0.1, 0.15) is 0 Å². The van der Waals surface area contributed by atoms with E-state index in [1.165, 1.54) is 11.8 Å². The highest BCUT2D eigenvalue weighted by Crippen LogP contribution is 2.10. The van der Waals surface area contributed by atoms with Crippen LogP contribution < -0.4 is 0 Å². The van der Waals surface area contributed by atoms with Gasteiger partial charge in [-0.1, -0.05) is 19.1 Å². The summed E-state index contributed by atoms with van der Waals surface area (Å²) in [5.41, 5.74) is 0. The maximum atomic E-state index is 11.7. The minimum absolute atomic E-state index is 0.0556. The molecular formula is C11H19NO2S. The molecule has 0 rings (SSSR count). The topological polar surface area (TPSA) is 40.5 Å². The van der Waals surface area contributed by atoms with E-state index in [2.05, 4.69) is 13.2 Å². The molecule has 15 heavy (non-hydrogen) atoms. The Bertz CT molecular complexity index is 209. The first-order valence-electron chi connectivity index (χ1n) is 4.87. The zero-order chi connectivity index (χ0) is 11.7. The monoisotopic (exact) mass is 229 g/mol. The summed E-state index contributed by atoms with van der Waals surface area (Å²) in [5, 5.41) is 8.92. The number of rotatable bonds is 8. The van der Waals surface area contributed by atoms with Gasteiger partial charge in [-0.15, -0.1) is 24.9 Å². The van der Waals surface area contributed by atoms with E-state index in [-0.39, 0.29) is 17.8 Å². The highest BCUT2D eigenvalue weighted by atomic mass is 32.2. The summed E-state index contributed by atoms with van der Waals surface area (Å²) in [4.78, 5) is 13.3. The molecule has 0 fully saturated rings. The molecule has 0 saturated carbocycles. The fraction of sp³-hybridized carbons (Fsp3) is 0.545. The van der Waals surface area contributed by atoms with Crippen LogP contribution in [0.4, 0.5) is 0 Å². The van der Waals surface area contributed by atoms with Crippen LogP contribution in [0.15, 0.2) is 25.3 Å². The summed E-state index contributed by atoms with van der Waals surface area (Å²) < 4.78 is 0. The van der Waals surface area contributed by atoms with E-state index in [4.69, 9.17) is 5.11 Å². The Morgan fingerprint density at radius 1 is 1.47 bits per heavy atom. The maximum absolute atomic E-state index is 11.7. The first-order chi connectivity index (χ1) is 7.15. The van der Waals surface area contributed by atoms with E-state index in [1.807, 2.05) is 6.92 Å². The Morgan fingerprint density at radius 3 is 2.40 bits per heavy atom. The van der Waals surface area contributed by atoms with E-state index in [0.717, 1.165) is 0 Å². The molecule has 0 aliphatic heterocycles. The van der Waals surface area contributed by atoms with Crippen LogP contribution in [-0.2, 0) is 4.79 Å². The zero-order valence-corrected chi connectivity index (χ0v) is 10.0. The van der Waals surface area contributed by atoms with Crippen molar-refractivity contribution in [3.8, 4) is 0 Å². The lowest BCUT2D eigenvalue weighted by Crippen LogP contribution is -2.33. The van der Waals surface area contributed by atoms with Crippen LogP contribution in [0.1, 0.15) is 6.92 Å². The molecule has 0 spiro atoms. The highest BCUT2D eigenvalue weighted by Gasteiger charge is 2.12. The van der Waals surface area contributed by atoms with Crippen molar-refractivity contribution in [1.29, 1.82) is 0 Å². The second kappa shape index (κ2) is 8.56. The third-order valence-corrected chi connectivity index (χ3v) is 2.93. The van der Waals surface area contributed by atoms with E-state index in [1.54, 1.807) is 17.1 Å². The molecule has 4 heteroatoms. The summed E-state index contributed by atoms with van der Waals surface area (Å²) in [5.74, 6) is 0.448. The smallest absolute Gasteiger partial charge is 0.233 e. The average molecular weight is 229 g/mol. The van der Waals surface area contributed by atoms with Crippen molar-refractivity contribution in [1.82, 2.24) is 4.90 Å². The average Bonchev–Trinajstić information content (AvgIpc) is 2.25. The molecule has 0 saturated heterocycles. The van der Waals surface area contributed by atoms with Crippen molar-refractivity contribution in [2.24, 2.45) is 0 Å². The largest absolute Gasteiger partial charge is 0.395 e. The third kappa shape index (κ3) is 6.36. The van der Waals surface area contributed by atoms with Crippen LogP contribution >= 0.6 is 11.8 Å². The molecule has 0 aromatic rings. The van der Waals surface area contributed by atoms with Crippen molar-refractivity contribution in [2.75, 3.05) is 25.4 Å². The van der Waals surface area contributed by atoms with Gasteiger partial charge >= 0.3 is 0 Å². The Balaban J connectivity index is 4.01. The highest BCUT2D eigenvalue weighted by molar-refractivity contribution is 8.00. The van der Waals surface area contributed by atoms with Crippen LogP contribution in [0.3, 0.4) is 0 Å². The number of aliphatic hydroxyl groups excluding tert-OH is 1. The minimum Gasteiger partial charge on any atom is -0.395 e. The first kappa shape index (κ1) is 14.3. The molecule has 1 unspecified atom stereocenters. The van der Waals surface area contributed by atoms with E-state index < -0.39 is 0 Å². The Kier molecular flexibility index (Phi) is 8.14. The van der Waals surface area contributed by atoms with Gasteiger partial charge in [-0.25, -0.2) is 0 Å². The Hall–Kier alpha value is -0.740. The van der Waals surface area contributed by atoms with Crippen molar-refractivity contribution in [2.45, 2.75) is 12.2 Å². The quantitative estimate of drug-likeness (QED) is 0.638. The summed E-state index contributed by atoms with van der Waals surface area (Å²) >= 11 is 1.45. The van der Waals surface area contributed by atoms with Gasteiger partial charge in [0.15, 0.2) is 0 Å². The van der Waals surface area contributed by atoms with Gasteiger partial charge in [-0.3, -0.25) is 4.79 Å². The third-order valence-electron chi connectivity index (χ3n) is 1.80. The van der Waals surface area contributed by atoms with Crippen molar-refractivity contribution >= 4 is 17.7 Å². The van der Waals surface area contributed by atoms with Gasteiger partial charge in [0.25, 0.3) is 0 Å². The molecule has 1 atom stereocenters. The fourth-order valence-corrected chi connectivity index (χ4v) is 1.66. The van der Waals surface area contributed by atoms with Crippen molar-refractivity contribution in [3.63, 3.8) is 0 Å². The molecule has 0 bridgehead atoms. The minimum atomic E-state index is 0.0556. The molecule has 0 aromatic heterocycles. The van der Waals surface area contributed by atoms with Gasteiger partial charge in [0.05, 0.1) is 12.4 Å². The molecule has 0 aliphatic carbocycles. The molecule has 1 N–H and O–H groups in total. The van der Waals surface area contributed by atoms with Crippen LogP contribution in [-0.4, -0.2) is 46.6 Å². The number of thioether (sulfide) groups is 1. The summed E-state index contributed by atoms with van der Waals surface area (Å²) in [7, 11) is 0. The van der Waals surface area contributed by atoms with Gasteiger partial charge < -0.3 is 10.0 Å². The van der Waals surface area contributed by atoms with Gasteiger partial charge in [0.2, 0.25) is 5.91 Å². The number of hydrogen-bond acceptors (Lipinski definition) is 3. The normalized spacial score (nSPS) is 11.9. The molecule has 0 aromatic carbocycles. The number of carbonyl (C=O) groups excluding carboxylic acids is 1. The second-order valence-electron chi connectivity index (χ2n) is 3.18. The zero-order valence-electron chi connectivity index (χ0n) is 9.19. The van der Waals surface area contributed by atoms with E-state index in [9.17, 15) is 4.79 Å². The van der Waals surface area contributed by atoms with Crippen molar-refractivity contribution in [3.05, 3.63) is 25.3 Å².